The van der Waals surface area contributed by atoms with Gasteiger partial charge in [0.2, 0.25) is 5.91 Å². The summed E-state index contributed by atoms with van der Waals surface area (Å²) >= 11 is 0. The van der Waals surface area contributed by atoms with Gasteiger partial charge in [0.15, 0.2) is 0 Å². The van der Waals surface area contributed by atoms with E-state index in [-0.39, 0.29) is 18.0 Å². The quantitative estimate of drug-likeness (QED) is 0.720. The SMILES string of the molecule is CCCCC(=O)N[C@@H]1CCCC[C@H]1N. The van der Waals surface area contributed by atoms with Gasteiger partial charge in [0.1, 0.15) is 0 Å². The third kappa shape index (κ3) is 3.66. The predicted molar refractivity (Wildman–Crippen MR) is 57.9 cm³/mol. The highest BCUT2D eigenvalue weighted by Crippen LogP contribution is 2.16. The highest BCUT2D eigenvalue weighted by molar-refractivity contribution is 5.76. The molecule has 1 rings (SSSR count). The van der Waals surface area contributed by atoms with Gasteiger partial charge in [0.05, 0.1) is 0 Å². The van der Waals surface area contributed by atoms with Crippen molar-refractivity contribution in [3.05, 3.63) is 0 Å². The Kier molecular flexibility index (Phi) is 4.94. The van der Waals surface area contributed by atoms with Gasteiger partial charge in [-0.2, -0.15) is 0 Å². The van der Waals surface area contributed by atoms with Crippen molar-refractivity contribution in [1.29, 1.82) is 0 Å². The van der Waals surface area contributed by atoms with Gasteiger partial charge >= 0.3 is 0 Å². The number of carbonyl (C=O) groups excluding carboxylic acids is 1. The average molecular weight is 198 g/mol. The fourth-order valence-corrected chi connectivity index (χ4v) is 1.96. The molecule has 0 aliphatic heterocycles. The largest absolute Gasteiger partial charge is 0.352 e. The molecule has 0 unspecified atom stereocenters. The summed E-state index contributed by atoms with van der Waals surface area (Å²) < 4.78 is 0. The molecule has 0 heterocycles. The van der Waals surface area contributed by atoms with E-state index < -0.39 is 0 Å². The van der Waals surface area contributed by atoms with Crippen molar-refractivity contribution in [2.24, 2.45) is 5.73 Å². The molecule has 82 valence electrons. The zero-order valence-electron chi connectivity index (χ0n) is 9.09. The Morgan fingerprint density at radius 3 is 2.79 bits per heavy atom. The lowest BCUT2D eigenvalue weighted by molar-refractivity contribution is -0.122. The summed E-state index contributed by atoms with van der Waals surface area (Å²) in [5, 5.41) is 3.04. The van der Waals surface area contributed by atoms with Crippen LogP contribution >= 0.6 is 0 Å². The van der Waals surface area contributed by atoms with Crippen LogP contribution in [0.1, 0.15) is 51.9 Å². The van der Waals surface area contributed by atoms with Crippen molar-refractivity contribution in [2.75, 3.05) is 0 Å². The van der Waals surface area contributed by atoms with Gasteiger partial charge in [-0.15, -0.1) is 0 Å². The number of hydrogen-bond acceptors (Lipinski definition) is 2. The van der Waals surface area contributed by atoms with E-state index in [2.05, 4.69) is 12.2 Å². The smallest absolute Gasteiger partial charge is 0.220 e. The van der Waals surface area contributed by atoms with Gasteiger partial charge in [0, 0.05) is 18.5 Å². The molecule has 2 atom stereocenters. The van der Waals surface area contributed by atoms with Crippen LogP contribution in [0, 0.1) is 0 Å². The lowest BCUT2D eigenvalue weighted by atomic mass is 9.91. The number of hydrogen-bond donors (Lipinski definition) is 2. The summed E-state index contributed by atoms with van der Waals surface area (Å²) in [7, 11) is 0. The summed E-state index contributed by atoms with van der Waals surface area (Å²) in [6.45, 7) is 2.10. The molecular formula is C11H22N2O. The Balaban J connectivity index is 2.23. The van der Waals surface area contributed by atoms with Crippen molar-refractivity contribution in [1.82, 2.24) is 5.32 Å². The maximum absolute atomic E-state index is 11.4. The van der Waals surface area contributed by atoms with Gasteiger partial charge in [-0.1, -0.05) is 26.2 Å². The molecule has 0 aromatic rings. The van der Waals surface area contributed by atoms with E-state index in [0.29, 0.717) is 6.42 Å². The van der Waals surface area contributed by atoms with Crippen LogP contribution in [0.4, 0.5) is 0 Å². The second-order valence-corrected chi connectivity index (χ2v) is 4.23. The normalized spacial score (nSPS) is 27.3. The van der Waals surface area contributed by atoms with Gasteiger partial charge in [-0.25, -0.2) is 0 Å². The minimum Gasteiger partial charge on any atom is -0.352 e. The first kappa shape index (κ1) is 11.5. The summed E-state index contributed by atoms with van der Waals surface area (Å²) in [5.74, 6) is 0.175. The monoisotopic (exact) mass is 198 g/mol. The molecule has 0 saturated heterocycles. The zero-order valence-corrected chi connectivity index (χ0v) is 9.09. The molecule has 1 aliphatic rings. The minimum atomic E-state index is 0.175. The topological polar surface area (TPSA) is 55.1 Å². The first-order chi connectivity index (χ1) is 6.74. The number of nitrogens with two attached hydrogens (primary N) is 1. The number of unbranched alkanes of at least 4 members (excludes halogenated alkanes) is 1. The van der Waals surface area contributed by atoms with E-state index in [9.17, 15) is 4.79 Å². The third-order valence-corrected chi connectivity index (χ3v) is 2.92. The van der Waals surface area contributed by atoms with Crippen molar-refractivity contribution in [2.45, 2.75) is 64.0 Å². The maximum atomic E-state index is 11.4. The molecule has 14 heavy (non-hydrogen) atoms. The summed E-state index contributed by atoms with van der Waals surface area (Å²) in [4.78, 5) is 11.4. The van der Waals surface area contributed by atoms with Crippen molar-refractivity contribution in [3.8, 4) is 0 Å². The molecule has 0 aromatic carbocycles. The van der Waals surface area contributed by atoms with Crippen LogP contribution in [0.2, 0.25) is 0 Å². The van der Waals surface area contributed by atoms with Crippen LogP contribution in [0.25, 0.3) is 0 Å². The van der Waals surface area contributed by atoms with Crippen LogP contribution in [-0.4, -0.2) is 18.0 Å². The number of carbonyl (C=O) groups is 1. The lowest BCUT2D eigenvalue weighted by Crippen LogP contribution is -2.49. The van der Waals surface area contributed by atoms with Crippen LogP contribution in [0.3, 0.4) is 0 Å². The van der Waals surface area contributed by atoms with Crippen LogP contribution < -0.4 is 11.1 Å². The van der Waals surface area contributed by atoms with E-state index >= 15 is 0 Å². The van der Waals surface area contributed by atoms with Gasteiger partial charge in [-0.3, -0.25) is 4.79 Å². The first-order valence-electron chi connectivity index (χ1n) is 5.79. The molecule has 1 saturated carbocycles. The van der Waals surface area contributed by atoms with Crippen LogP contribution in [0.5, 0.6) is 0 Å². The molecule has 3 N–H and O–H groups in total. The molecular weight excluding hydrogens is 176 g/mol. The molecule has 1 amide bonds. The second kappa shape index (κ2) is 6.02. The predicted octanol–water partition coefficient (Wildman–Crippen LogP) is 1.56. The summed E-state index contributed by atoms with van der Waals surface area (Å²) in [6.07, 6.45) is 7.23. The average Bonchev–Trinajstić information content (AvgIpc) is 2.18. The van der Waals surface area contributed by atoms with Gasteiger partial charge in [-0.05, 0) is 19.3 Å². The Morgan fingerprint density at radius 2 is 2.14 bits per heavy atom. The van der Waals surface area contributed by atoms with Gasteiger partial charge in [0.25, 0.3) is 0 Å². The van der Waals surface area contributed by atoms with Crippen molar-refractivity contribution < 1.29 is 4.79 Å². The molecule has 3 nitrogen and oxygen atoms in total. The van der Waals surface area contributed by atoms with Crippen molar-refractivity contribution >= 4 is 5.91 Å². The fourth-order valence-electron chi connectivity index (χ4n) is 1.96. The first-order valence-corrected chi connectivity index (χ1v) is 5.79. The molecule has 1 fully saturated rings. The minimum absolute atomic E-state index is 0.175. The summed E-state index contributed by atoms with van der Waals surface area (Å²) in [5.41, 5.74) is 5.94. The number of rotatable bonds is 4. The van der Waals surface area contributed by atoms with Crippen LogP contribution in [0.15, 0.2) is 0 Å². The maximum Gasteiger partial charge on any atom is 0.220 e. The molecule has 0 radical (unpaired) electrons. The molecule has 0 aromatic heterocycles. The Morgan fingerprint density at radius 1 is 1.43 bits per heavy atom. The Hall–Kier alpha value is -0.570. The van der Waals surface area contributed by atoms with E-state index in [1.165, 1.54) is 12.8 Å². The molecule has 1 aliphatic carbocycles. The van der Waals surface area contributed by atoms with E-state index in [1.807, 2.05) is 0 Å². The Labute approximate surface area is 86.4 Å². The molecule has 0 spiro atoms. The molecule has 0 bridgehead atoms. The fraction of sp³-hybridized carbons (Fsp3) is 0.909. The number of nitrogens with one attached hydrogen (secondary N) is 1. The highest BCUT2D eigenvalue weighted by Gasteiger charge is 2.22. The van der Waals surface area contributed by atoms with Crippen LogP contribution in [-0.2, 0) is 4.79 Å². The van der Waals surface area contributed by atoms with E-state index in [1.54, 1.807) is 0 Å². The Bertz CT molecular complexity index is 182. The second-order valence-electron chi connectivity index (χ2n) is 4.23. The lowest BCUT2D eigenvalue weighted by Gasteiger charge is -2.29. The third-order valence-electron chi connectivity index (χ3n) is 2.92. The summed E-state index contributed by atoms with van der Waals surface area (Å²) in [6, 6.07) is 0.405. The van der Waals surface area contributed by atoms with E-state index in [0.717, 1.165) is 25.7 Å². The number of amides is 1. The molecule has 3 heteroatoms. The standard InChI is InChI=1S/C11H22N2O/c1-2-3-8-11(14)13-10-7-5-4-6-9(10)12/h9-10H,2-8,12H2,1H3,(H,13,14)/t9-,10-/m1/s1. The van der Waals surface area contributed by atoms with Gasteiger partial charge < -0.3 is 11.1 Å². The van der Waals surface area contributed by atoms with Crippen molar-refractivity contribution in [3.63, 3.8) is 0 Å². The highest BCUT2D eigenvalue weighted by atomic mass is 16.1. The van der Waals surface area contributed by atoms with E-state index in [4.69, 9.17) is 5.73 Å². The zero-order chi connectivity index (χ0) is 10.4.